The highest BCUT2D eigenvalue weighted by molar-refractivity contribution is 6.07. The Morgan fingerprint density at radius 3 is 2.58 bits per heavy atom. The van der Waals surface area contributed by atoms with Gasteiger partial charge in [-0.15, -0.1) is 0 Å². The normalized spacial score (nSPS) is 15.3. The molecule has 0 saturated heterocycles. The molecule has 0 saturated carbocycles. The average Bonchev–Trinajstić information content (AvgIpc) is 2.86. The van der Waals surface area contributed by atoms with Crippen LogP contribution in [0.5, 0.6) is 5.75 Å². The molecular weight excluding hydrogens is 413 g/mol. The fraction of sp³-hybridized carbons (Fsp3) is 0.207. The van der Waals surface area contributed by atoms with Crippen molar-refractivity contribution in [1.29, 1.82) is 0 Å². The Morgan fingerprint density at radius 1 is 0.970 bits per heavy atom. The third kappa shape index (κ3) is 4.34. The number of rotatable bonds is 5. The molecule has 3 nitrogen and oxygen atoms in total. The van der Waals surface area contributed by atoms with Crippen LogP contribution >= 0.6 is 0 Å². The van der Waals surface area contributed by atoms with Crippen molar-refractivity contribution in [3.05, 3.63) is 113 Å². The lowest BCUT2D eigenvalue weighted by molar-refractivity contribution is 0.0568. The van der Waals surface area contributed by atoms with E-state index in [9.17, 15) is 9.18 Å². The summed E-state index contributed by atoms with van der Waals surface area (Å²) >= 11 is 0. The van der Waals surface area contributed by atoms with Crippen molar-refractivity contribution in [1.82, 2.24) is 4.90 Å². The molecular formula is C29H26FNO2. The highest BCUT2D eigenvalue weighted by Crippen LogP contribution is 2.29. The molecule has 0 aromatic heterocycles. The van der Waals surface area contributed by atoms with Crippen molar-refractivity contribution in [2.45, 2.75) is 32.4 Å². The van der Waals surface area contributed by atoms with E-state index in [1.165, 1.54) is 11.6 Å². The number of carbonyl (C=O) groups excluding carboxylic acids is 1. The molecule has 0 unspecified atom stereocenters. The summed E-state index contributed by atoms with van der Waals surface area (Å²) in [7, 11) is 0. The first-order valence-electron chi connectivity index (χ1n) is 11.4. The second kappa shape index (κ2) is 9.07. The summed E-state index contributed by atoms with van der Waals surface area (Å²) in [5.74, 6) is 0.490. The number of nitrogens with zero attached hydrogens (tertiary/aromatic N) is 1. The van der Waals surface area contributed by atoms with Crippen LogP contribution in [0.1, 0.15) is 34.0 Å². The Bertz CT molecular complexity index is 1290. The molecule has 0 radical (unpaired) electrons. The fourth-order valence-corrected chi connectivity index (χ4v) is 4.58. The lowest BCUT2D eigenvalue weighted by Gasteiger charge is -2.37. The van der Waals surface area contributed by atoms with Crippen molar-refractivity contribution in [2.24, 2.45) is 0 Å². The summed E-state index contributed by atoms with van der Waals surface area (Å²) in [4.78, 5) is 15.7. The third-order valence-corrected chi connectivity index (χ3v) is 6.46. The molecule has 4 aromatic rings. The summed E-state index contributed by atoms with van der Waals surface area (Å²) in [6.07, 6.45) is 1.52. The van der Waals surface area contributed by atoms with Gasteiger partial charge in [0, 0.05) is 12.1 Å². The fourth-order valence-electron chi connectivity index (χ4n) is 4.58. The zero-order valence-corrected chi connectivity index (χ0v) is 18.6. The Hall–Kier alpha value is -3.66. The maximum atomic E-state index is 13.9. The van der Waals surface area contributed by atoms with E-state index in [0.717, 1.165) is 34.1 Å². The standard InChI is InChI=1S/C29H26FNO2/c1-2-20-10-14-26(15-11-20)33-19-25-17-23-16-24(30)13-12-22(23)18-31(25)29(32)28-9-5-7-21-6-3-4-8-27(21)28/h3-16,25H,2,17-19H2,1H3/t25-/m0/s1. The summed E-state index contributed by atoms with van der Waals surface area (Å²) in [5.41, 5.74) is 3.84. The first-order valence-corrected chi connectivity index (χ1v) is 11.4. The van der Waals surface area contributed by atoms with E-state index in [1.54, 1.807) is 12.1 Å². The Morgan fingerprint density at radius 2 is 1.76 bits per heavy atom. The summed E-state index contributed by atoms with van der Waals surface area (Å²) in [6, 6.07) is 26.4. The Kier molecular flexibility index (Phi) is 5.82. The van der Waals surface area contributed by atoms with Gasteiger partial charge in [-0.1, -0.05) is 61.5 Å². The number of amides is 1. The van der Waals surface area contributed by atoms with E-state index < -0.39 is 0 Å². The number of hydrogen-bond acceptors (Lipinski definition) is 2. The number of halogens is 1. The van der Waals surface area contributed by atoms with E-state index >= 15 is 0 Å². The minimum Gasteiger partial charge on any atom is -0.491 e. The van der Waals surface area contributed by atoms with Gasteiger partial charge >= 0.3 is 0 Å². The van der Waals surface area contributed by atoms with Crippen LogP contribution in [0.25, 0.3) is 10.8 Å². The SMILES string of the molecule is CCc1ccc(OC[C@@H]2Cc3cc(F)ccc3CN2C(=O)c2cccc3ccccc23)cc1. The highest BCUT2D eigenvalue weighted by atomic mass is 19.1. The van der Waals surface area contributed by atoms with E-state index in [4.69, 9.17) is 4.74 Å². The molecule has 1 atom stereocenters. The zero-order chi connectivity index (χ0) is 22.8. The van der Waals surface area contributed by atoms with Crippen molar-refractivity contribution >= 4 is 16.7 Å². The molecule has 0 spiro atoms. The highest BCUT2D eigenvalue weighted by Gasteiger charge is 2.32. The van der Waals surface area contributed by atoms with Gasteiger partial charge in [0.25, 0.3) is 5.91 Å². The van der Waals surface area contributed by atoms with Crippen LogP contribution in [0.2, 0.25) is 0 Å². The molecule has 1 aliphatic rings. The monoisotopic (exact) mass is 439 g/mol. The zero-order valence-electron chi connectivity index (χ0n) is 18.6. The molecule has 166 valence electrons. The smallest absolute Gasteiger partial charge is 0.255 e. The topological polar surface area (TPSA) is 29.5 Å². The van der Waals surface area contributed by atoms with Gasteiger partial charge in [-0.2, -0.15) is 0 Å². The average molecular weight is 440 g/mol. The predicted octanol–water partition coefficient (Wildman–Crippen LogP) is 6.19. The molecule has 33 heavy (non-hydrogen) atoms. The number of aryl methyl sites for hydroxylation is 1. The number of benzene rings is 4. The first kappa shape index (κ1) is 21.2. The number of carbonyl (C=O) groups is 1. The van der Waals surface area contributed by atoms with Crippen LogP contribution in [0.4, 0.5) is 4.39 Å². The van der Waals surface area contributed by atoms with Crippen molar-refractivity contribution in [3.63, 3.8) is 0 Å². The van der Waals surface area contributed by atoms with Gasteiger partial charge in [0.15, 0.2) is 0 Å². The second-order valence-electron chi connectivity index (χ2n) is 8.54. The van der Waals surface area contributed by atoms with Gasteiger partial charge in [-0.25, -0.2) is 4.39 Å². The van der Waals surface area contributed by atoms with Gasteiger partial charge in [-0.3, -0.25) is 4.79 Å². The molecule has 4 heteroatoms. The molecule has 5 rings (SSSR count). The number of fused-ring (bicyclic) bond motifs is 2. The lowest BCUT2D eigenvalue weighted by atomic mass is 9.93. The quantitative estimate of drug-likeness (QED) is 0.371. The van der Waals surface area contributed by atoms with E-state index in [-0.39, 0.29) is 17.8 Å². The Balaban J connectivity index is 1.46. The molecule has 1 amide bonds. The van der Waals surface area contributed by atoms with Gasteiger partial charge in [0.2, 0.25) is 0 Å². The van der Waals surface area contributed by atoms with Crippen molar-refractivity contribution < 1.29 is 13.9 Å². The van der Waals surface area contributed by atoms with Crippen LogP contribution in [0, 0.1) is 5.82 Å². The molecule has 0 N–H and O–H groups in total. The molecule has 1 aliphatic heterocycles. The third-order valence-electron chi connectivity index (χ3n) is 6.46. The lowest BCUT2D eigenvalue weighted by Crippen LogP contribution is -2.47. The van der Waals surface area contributed by atoms with Crippen LogP contribution in [0.3, 0.4) is 0 Å². The van der Waals surface area contributed by atoms with Crippen LogP contribution in [0.15, 0.2) is 84.9 Å². The van der Waals surface area contributed by atoms with Crippen molar-refractivity contribution in [2.75, 3.05) is 6.61 Å². The minimum absolute atomic E-state index is 0.0308. The minimum atomic E-state index is -0.252. The van der Waals surface area contributed by atoms with E-state index in [2.05, 4.69) is 19.1 Å². The maximum Gasteiger partial charge on any atom is 0.255 e. The molecule has 0 aliphatic carbocycles. The van der Waals surface area contributed by atoms with Gasteiger partial charge in [0.05, 0.1) is 6.04 Å². The second-order valence-corrected chi connectivity index (χ2v) is 8.54. The van der Waals surface area contributed by atoms with Crippen molar-refractivity contribution in [3.8, 4) is 5.75 Å². The van der Waals surface area contributed by atoms with Crippen LogP contribution in [-0.4, -0.2) is 23.5 Å². The maximum absolute atomic E-state index is 13.9. The molecule has 4 aromatic carbocycles. The van der Waals surface area contributed by atoms with Crippen LogP contribution < -0.4 is 4.74 Å². The number of hydrogen-bond donors (Lipinski definition) is 0. The molecule has 0 fully saturated rings. The summed E-state index contributed by atoms with van der Waals surface area (Å²) in [6.45, 7) is 2.89. The van der Waals surface area contributed by atoms with Gasteiger partial charge in [0.1, 0.15) is 18.2 Å². The van der Waals surface area contributed by atoms with E-state index in [0.29, 0.717) is 25.1 Å². The molecule has 0 bridgehead atoms. The first-order chi connectivity index (χ1) is 16.1. The van der Waals surface area contributed by atoms with Crippen LogP contribution in [-0.2, 0) is 19.4 Å². The largest absolute Gasteiger partial charge is 0.491 e. The Labute approximate surface area is 193 Å². The van der Waals surface area contributed by atoms with E-state index in [1.807, 2.05) is 59.5 Å². The summed E-state index contributed by atoms with van der Waals surface area (Å²) in [5, 5.41) is 1.97. The van der Waals surface area contributed by atoms with Gasteiger partial charge < -0.3 is 9.64 Å². The predicted molar refractivity (Wildman–Crippen MR) is 129 cm³/mol. The summed E-state index contributed by atoms with van der Waals surface area (Å²) < 4.78 is 20.0. The molecule has 1 heterocycles. The van der Waals surface area contributed by atoms with Gasteiger partial charge in [-0.05, 0) is 70.6 Å². The number of ether oxygens (including phenoxy) is 1.